The Morgan fingerprint density at radius 1 is 1.00 bits per heavy atom. The van der Waals surface area contributed by atoms with Crippen LogP contribution < -0.4 is 14.4 Å². The molecule has 7 rings (SSSR count). The summed E-state index contributed by atoms with van der Waals surface area (Å²) in [5.41, 5.74) is 2.61. The van der Waals surface area contributed by atoms with Gasteiger partial charge in [0.05, 0.1) is 23.1 Å². The van der Waals surface area contributed by atoms with Gasteiger partial charge in [-0.2, -0.15) is 0 Å². The normalized spacial score (nSPS) is 34.6. The number of anilines is 1. The van der Waals surface area contributed by atoms with Gasteiger partial charge in [0.1, 0.15) is 5.75 Å². The highest BCUT2D eigenvalue weighted by molar-refractivity contribution is 7.90. The van der Waals surface area contributed by atoms with E-state index >= 15 is 0 Å². The number of nitrogens with zero attached hydrogens (tertiary/aromatic N) is 2. The Bertz CT molecular complexity index is 1640. The first-order valence-corrected chi connectivity index (χ1v) is 20.1. The molecule has 0 radical (unpaired) electrons. The lowest BCUT2D eigenvalue weighted by atomic mass is 9.58. The summed E-state index contributed by atoms with van der Waals surface area (Å²) in [7, 11) is -1.76. The maximum atomic E-state index is 13.6. The van der Waals surface area contributed by atoms with Crippen LogP contribution in [-0.4, -0.2) is 75.0 Å². The van der Waals surface area contributed by atoms with Crippen molar-refractivity contribution in [2.75, 3.05) is 44.7 Å². The van der Waals surface area contributed by atoms with Crippen LogP contribution in [0.25, 0.3) is 0 Å². The number of fused-ring (bicyclic) bond motifs is 4. The summed E-state index contributed by atoms with van der Waals surface area (Å²) in [5, 5.41) is 12.8. The third-order valence-electron chi connectivity index (χ3n) is 13.0. The summed E-state index contributed by atoms with van der Waals surface area (Å²) >= 11 is 6.47. The predicted octanol–water partition coefficient (Wildman–Crippen LogP) is 6.18. The molecule has 1 amide bonds. The Kier molecular flexibility index (Phi) is 9.31. The lowest BCUT2D eigenvalue weighted by Crippen LogP contribution is -2.57. The molecular formula is C38H52ClN3O5S. The number of hydrogen-bond donors (Lipinski definition) is 2. The zero-order valence-corrected chi connectivity index (χ0v) is 30.3. The minimum absolute atomic E-state index is 0.164. The van der Waals surface area contributed by atoms with Crippen LogP contribution in [0, 0.1) is 23.7 Å². The third-order valence-corrected chi connectivity index (χ3v) is 15.2. The fraction of sp³-hybridized carbons (Fsp3) is 0.658. The van der Waals surface area contributed by atoms with Crippen molar-refractivity contribution in [3.63, 3.8) is 0 Å². The van der Waals surface area contributed by atoms with Crippen molar-refractivity contribution in [1.29, 1.82) is 0 Å². The number of aryl methyl sites for hydroxylation is 1. The number of rotatable bonds is 1. The highest BCUT2D eigenvalue weighted by atomic mass is 35.5. The molecule has 6 atom stereocenters. The molecule has 2 fully saturated rings. The number of nitrogens with one attached hydrogen (secondary N) is 1. The van der Waals surface area contributed by atoms with Crippen molar-refractivity contribution in [2.45, 2.75) is 94.3 Å². The van der Waals surface area contributed by atoms with Gasteiger partial charge in [-0.25, -0.2) is 13.1 Å². The van der Waals surface area contributed by atoms with Gasteiger partial charge in [0.25, 0.3) is 5.91 Å². The van der Waals surface area contributed by atoms with Crippen molar-refractivity contribution < 1.29 is 23.1 Å². The average molecular weight is 698 g/mol. The van der Waals surface area contributed by atoms with Gasteiger partial charge in [0.15, 0.2) is 0 Å². The number of halogens is 1. The molecule has 1 saturated heterocycles. The predicted molar refractivity (Wildman–Crippen MR) is 190 cm³/mol. The van der Waals surface area contributed by atoms with E-state index in [0.717, 1.165) is 81.7 Å². The smallest absolute Gasteiger partial charge is 0.264 e. The number of aliphatic hydroxyl groups is 1. The van der Waals surface area contributed by atoms with Gasteiger partial charge in [-0.3, -0.25) is 4.79 Å². The lowest BCUT2D eigenvalue weighted by molar-refractivity contribution is -0.138. The van der Waals surface area contributed by atoms with Crippen molar-refractivity contribution >= 4 is 33.2 Å². The summed E-state index contributed by atoms with van der Waals surface area (Å²) in [6.45, 7) is 7.58. The molecule has 2 aromatic rings. The van der Waals surface area contributed by atoms with Gasteiger partial charge in [0.2, 0.25) is 10.0 Å². The number of likely N-dealkylation sites (tertiary alicyclic amines) is 1. The van der Waals surface area contributed by atoms with Crippen LogP contribution in [0.3, 0.4) is 0 Å². The molecule has 1 saturated carbocycles. The lowest BCUT2D eigenvalue weighted by Gasteiger charge is -2.54. The Balaban J connectivity index is 1.30. The van der Waals surface area contributed by atoms with Gasteiger partial charge in [-0.05, 0) is 150 Å². The van der Waals surface area contributed by atoms with E-state index in [0.29, 0.717) is 43.2 Å². The van der Waals surface area contributed by atoms with E-state index in [4.69, 9.17) is 16.3 Å². The number of carbonyl (C=O) groups excluding carboxylic acids is 1. The van der Waals surface area contributed by atoms with Gasteiger partial charge in [0, 0.05) is 29.1 Å². The quantitative estimate of drug-likeness (QED) is 0.367. The molecule has 2 N–H and O–H groups in total. The van der Waals surface area contributed by atoms with Crippen LogP contribution in [0.5, 0.6) is 5.75 Å². The number of amides is 1. The molecule has 2 aliphatic carbocycles. The van der Waals surface area contributed by atoms with Crippen molar-refractivity contribution in [1.82, 2.24) is 9.62 Å². The highest BCUT2D eigenvalue weighted by Crippen LogP contribution is 2.52. The number of ether oxygens (including phenoxy) is 1. The number of sulfonamides is 1. The van der Waals surface area contributed by atoms with E-state index in [1.165, 1.54) is 11.1 Å². The van der Waals surface area contributed by atoms with E-state index in [1.807, 2.05) is 25.1 Å². The van der Waals surface area contributed by atoms with E-state index in [9.17, 15) is 18.3 Å². The summed E-state index contributed by atoms with van der Waals surface area (Å²) in [6.07, 6.45) is 9.11. The molecule has 8 nitrogen and oxygen atoms in total. The minimum atomic E-state index is -3.92. The molecule has 10 heteroatoms. The molecular weight excluding hydrogens is 646 g/mol. The Morgan fingerprint density at radius 3 is 2.54 bits per heavy atom. The molecule has 3 heterocycles. The van der Waals surface area contributed by atoms with Crippen molar-refractivity contribution in [3.05, 3.63) is 58.1 Å². The monoisotopic (exact) mass is 697 g/mol. The summed E-state index contributed by atoms with van der Waals surface area (Å²) in [4.78, 5) is 18.3. The molecule has 48 heavy (non-hydrogen) atoms. The zero-order valence-electron chi connectivity index (χ0n) is 28.7. The summed E-state index contributed by atoms with van der Waals surface area (Å²) in [6, 6.07) is 11.6. The number of carbonyl (C=O) groups is 1. The van der Waals surface area contributed by atoms with Crippen LogP contribution in [0.4, 0.5) is 5.69 Å². The number of piperidine rings is 1. The molecule has 3 aliphatic heterocycles. The topological polar surface area (TPSA) is 99.2 Å². The summed E-state index contributed by atoms with van der Waals surface area (Å²) in [5.74, 6) is 0.623. The molecule has 0 unspecified atom stereocenters. The number of benzene rings is 2. The van der Waals surface area contributed by atoms with E-state index in [1.54, 1.807) is 13.0 Å². The van der Waals surface area contributed by atoms with E-state index in [-0.39, 0.29) is 23.2 Å². The fourth-order valence-electron chi connectivity index (χ4n) is 9.71. The van der Waals surface area contributed by atoms with Crippen LogP contribution in [0.2, 0.25) is 5.02 Å². The molecule has 5 aliphatic rings. The van der Waals surface area contributed by atoms with Crippen LogP contribution in [0.1, 0.15) is 93.1 Å². The first-order valence-electron chi connectivity index (χ1n) is 18.2. The maximum Gasteiger partial charge on any atom is 0.264 e. The van der Waals surface area contributed by atoms with Gasteiger partial charge < -0.3 is 19.6 Å². The summed E-state index contributed by atoms with van der Waals surface area (Å²) < 4.78 is 36.0. The molecule has 2 bridgehead atoms. The van der Waals surface area contributed by atoms with Crippen LogP contribution >= 0.6 is 11.6 Å². The van der Waals surface area contributed by atoms with Crippen molar-refractivity contribution in [2.24, 2.45) is 23.7 Å². The zero-order chi connectivity index (χ0) is 33.8. The highest BCUT2D eigenvalue weighted by Gasteiger charge is 2.52. The van der Waals surface area contributed by atoms with Crippen LogP contribution in [-0.2, 0) is 21.9 Å². The first-order chi connectivity index (χ1) is 22.9. The largest absolute Gasteiger partial charge is 0.490 e. The Hall–Kier alpha value is -2.33. The number of hydrogen-bond acceptors (Lipinski definition) is 7. The van der Waals surface area contributed by atoms with Gasteiger partial charge in [-0.15, -0.1) is 0 Å². The molecule has 1 spiro atoms. The van der Waals surface area contributed by atoms with E-state index < -0.39 is 26.8 Å². The maximum absolute atomic E-state index is 13.6. The Labute approximate surface area is 291 Å². The molecule has 2 aromatic carbocycles. The standard InChI is InChI=1S/C38H52ClN3O5S/c1-25-6-4-17-38(44,30-14-18-41(3)19-15-30)33-11-8-29(33)22-42-23-37(16-5-7-27-20-31(39)10-12-32(27)37)24-47-35-13-9-28(21-34(35)42)36(43)40-48(45,46)26(25)2/h9-10,12-13,20-21,25-26,29-30,33,44H,4-8,11,14-19,22-24H2,1-3H3,(H,40,43)/t25-,26+,29-,33+,37-,38+/m0/s1. The third kappa shape index (κ3) is 6.26. The van der Waals surface area contributed by atoms with E-state index in [2.05, 4.69) is 33.7 Å². The second-order valence-corrected chi connectivity index (χ2v) is 18.3. The Morgan fingerprint density at radius 2 is 1.79 bits per heavy atom. The average Bonchev–Trinajstić information content (AvgIpc) is 3.19. The minimum Gasteiger partial charge on any atom is -0.490 e. The van der Waals surface area contributed by atoms with Crippen LogP contribution in [0.15, 0.2) is 36.4 Å². The second kappa shape index (κ2) is 13.1. The molecule has 262 valence electrons. The van der Waals surface area contributed by atoms with Crippen molar-refractivity contribution in [3.8, 4) is 5.75 Å². The first kappa shape index (κ1) is 34.1. The second-order valence-electron chi connectivity index (χ2n) is 15.9. The van der Waals surface area contributed by atoms with Gasteiger partial charge >= 0.3 is 0 Å². The van der Waals surface area contributed by atoms with Gasteiger partial charge in [-0.1, -0.05) is 31.0 Å². The SMILES string of the molecule is C[C@@H]1[C@@H](C)CCC[C@@](O)(C2CCN(C)CC2)[C@@H]2CC[C@H]2CN2C[C@@]3(CCCc4cc(Cl)ccc43)COc3ccc(cc32)C(=O)NS1(=O)=O. The fourth-order valence-corrected chi connectivity index (χ4v) is 11.2. The molecule has 0 aromatic heterocycles.